The zero-order valence-corrected chi connectivity index (χ0v) is 9.93. The normalized spacial score (nSPS) is 31.4. The topological polar surface area (TPSA) is 42.0 Å². The summed E-state index contributed by atoms with van der Waals surface area (Å²) in [6, 6.07) is 5.03. The second-order valence-electron chi connectivity index (χ2n) is 5.34. The summed E-state index contributed by atoms with van der Waals surface area (Å²) in [7, 11) is 0. The van der Waals surface area contributed by atoms with E-state index in [0.29, 0.717) is 24.4 Å². The molecule has 0 spiro atoms. The number of rotatable bonds is 3. The van der Waals surface area contributed by atoms with E-state index in [1.165, 1.54) is 25.7 Å². The van der Waals surface area contributed by atoms with Gasteiger partial charge in [-0.05, 0) is 43.7 Å². The Morgan fingerprint density at radius 1 is 1.35 bits per heavy atom. The molecule has 0 saturated carbocycles. The van der Waals surface area contributed by atoms with Gasteiger partial charge in [-0.1, -0.05) is 0 Å². The first-order valence-electron chi connectivity index (χ1n) is 6.50. The number of Topliss-reactive ketones (excluding diaryl/α,β-unsaturated/α-hetero) is 1. The van der Waals surface area contributed by atoms with E-state index in [9.17, 15) is 4.79 Å². The van der Waals surface area contributed by atoms with Gasteiger partial charge in [0.2, 0.25) is 0 Å². The Bertz CT molecular complexity index is 392. The van der Waals surface area contributed by atoms with E-state index in [-0.39, 0.29) is 5.78 Å². The number of hydrogen-bond donors (Lipinski definition) is 1. The van der Waals surface area contributed by atoms with Gasteiger partial charge in [-0.15, -0.1) is 0 Å². The molecule has 2 aliphatic rings. The first kappa shape index (κ1) is 10.9. The maximum Gasteiger partial charge on any atom is 0.164 e. The van der Waals surface area contributed by atoms with Crippen LogP contribution in [0.25, 0.3) is 0 Å². The molecule has 2 aliphatic heterocycles. The smallest absolute Gasteiger partial charge is 0.164 e. The summed E-state index contributed by atoms with van der Waals surface area (Å²) < 4.78 is 0. The van der Waals surface area contributed by atoms with Gasteiger partial charge in [-0.25, -0.2) is 0 Å². The van der Waals surface area contributed by atoms with E-state index in [4.69, 9.17) is 0 Å². The van der Waals surface area contributed by atoms with Crippen LogP contribution in [-0.2, 0) is 0 Å². The molecule has 2 bridgehead atoms. The summed E-state index contributed by atoms with van der Waals surface area (Å²) in [6.07, 6.45) is 9.01. The average molecular weight is 230 g/mol. The second kappa shape index (κ2) is 4.57. The van der Waals surface area contributed by atoms with Crippen molar-refractivity contribution < 1.29 is 4.79 Å². The lowest BCUT2D eigenvalue weighted by Crippen LogP contribution is -2.38. The van der Waals surface area contributed by atoms with Crippen molar-refractivity contribution in [1.29, 1.82) is 0 Å². The van der Waals surface area contributed by atoms with Gasteiger partial charge < -0.3 is 5.32 Å². The molecule has 17 heavy (non-hydrogen) atoms. The van der Waals surface area contributed by atoms with Crippen molar-refractivity contribution in [3.05, 3.63) is 30.1 Å². The SMILES string of the molecule is O=C(CC1CC2CCC(C1)N2)c1cccnc1. The Kier molecular flexibility index (Phi) is 2.93. The van der Waals surface area contributed by atoms with Crippen molar-refractivity contribution in [2.24, 2.45) is 5.92 Å². The van der Waals surface area contributed by atoms with E-state index in [2.05, 4.69) is 10.3 Å². The number of aromatic nitrogens is 1. The number of piperidine rings is 1. The number of carbonyl (C=O) groups excluding carboxylic acids is 1. The molecule has 0 aliphatic carbocycles. The standard InChI is InChI=1S/C14H18N2O/c17-14(11-2-1-5-15-9-11)8-10-6-12-3-4-13(7-10)16-12/h1-2,5,9-10,12-13,16H,3-4,6-8H2. The second-order valence-corrected chi connectivity index (χ2v) is 5.34. The van der Waals surface area contributed by atoms with Crippen molar-refractivity contribution in [2.75, 3.05) is 0 Å². The first-order chi connectivity index (χ1) is 8.31. The third-order valence-corrected chi connectivity index (χ3v) is 4.03. The van der Waals surface area contributed by atoms with Gasteiger partial charge in [0, 0.05) is 36.5 Å². The molecule has 3 heterocycles. The summed E-state index contributed by atoms with van der Waals surface area (Å²) in [4.78, 5) is 16.1. The summed E-state index contributed by atoms with van der Waals surface area (Å²) in [5, 5.41) is 3.61. The lowest BCUT2D eigenvalue weighted by atomic mass is 9.87. The average Bonchev–Trinajstić information content (AvgIpc) is 2.70. The molecule has 2 saturated heterocycles. The van der Waals surface area contributed by atoms with Crippen LogP contribution in [0, 0.1) is 5.92 Å². The zero-order valence-electron chi connectivity index (χ0n) is 9.93. The number of nitrogens with one attached hydrogen (secondary N) is 1. The van der Waals surface area contributed by atoms with Crippen LogP contribution >= 0.6 is 0 Å². The number of carbonyl (C=O) groups is 1. The molecular weight excluding hydrogens is 212 g/mol. The highest BCUT2D eigenvalue weighted by Crippen LogP contribution is 2.33. The number of nitrogens with zero attached hydrogens (tertiary/aromatic N) is 1. The Morgan fingerprint density at radius 2 is 2.12 bits per heavy atom. The number of hydrogen-bond acceptors (Lipinski definition) is 3. The molecular formula is C14H18N2O. The summed E-state index contributed by atoms with van der Waals surface area (Å²) in [6.45, 7) is 0. The summed E-state index contributed by atoms with van der Waals surface area (Å²) >= 11 is 0. The van der Waals surface area contributed by atoms with E-state index >= 15 is 0 Å². The fourth-order valence-electron chi connectivity index (χ4n) is 3.25. The molecule has 1 aromatic rings. The molecule has 3 nitrogen and oxygen atoms in total. The summed E-state index contributed by atoms with van der Waals surface area (Å²) in [5.41, 5.74) is 0.762. The summed E-state index contributed by atoms with van der Waals surface area (Å²) in [5.74, 6) is 0.825. The first-order valence-corrected chi connectivity index (χ1v) is 6.50. The van der Waals surface area contributed by atoms with Crippen molar-refractivity contribution >= 4 is 5.78 Å². The molecule has 1 N–H and O–H groups in total. The van der Waals surface area contributed by atoms with Gasteiger partial charge in [0.25, 0.3) is 0 Å². The van der Waals surface area contributed by atoms with Gasteiger partial charge in [-0.3, -0.25) is 9.78 Å². The van der Waals surface area contributed by atoms with Crippen molar-refractivity contribution in [3.63, 3.8) is 0 Å². The number of ketones is 1. The van der Waals surface area contributed by atoms with Crippen molar-refractivity contribution in [2.45, 2.75) is 44.2 Å². The predicted octanol–water partition coefficient (Wildman–Crippen LogP) is 2.18. The maximum atomic E-state index is 12.1. The molecule has 0 radical (unpaired) electrons. The van der Waals surface area contributed by atoms with Crippen LogP contribution in [0.15, 0.2) is 24.5 Å². The minimum Gasteiger partial charge on any atom is -0.311 e. The van der Waals surface area contributed by atoms with Crippen LogP contribution in [0.3, 0.4) is 0 Å². The van der Waals surface area contributed by atoms with Gasteiger partial charge in [0.1, 0.15) is 0 Å². The molecule has 2 atom stereocenters. The third-order valence-electron chi connectivity index (χ3n) is 4.03. The quantitative estimate of drug-likeness (QED) is 0.809. The fourth-order valence-corrected chi connectivity index (χ4v) is 3.25. The Balaban J connectivity index is 1.62. The number of pyridine rings is 1. The highest BCUT2D eigenvalue weighted by atomic mass is 16.1. The predicted molar refractivity (Wildman–Crippen MR) is 65.9 cm³/mol. The fraction of sp³-hybridized carbons (Fsp3) is 0.571. The molecule has 3 heteroatoms. The van der Waals surface area contributed by atoms with Crippen LogP contribution in [0.2, 0.25) is 0 Å². The molecule has 3 rings (SSSR count). The van der Waals surface area contributed by atoms with Crippen LogP contribution < -0.4 is 5.32 Å². The Morgan fingerprint density at radius 3 is 2.76 bits per heavy atom. The van der Waals surface area contributed by atoms with E-state index in [1.54, 1.807) is 12.4 Å². The highest BCUT2D eigenvalue weighted by molar-refractivity contribution is 5.95. The van der Waals surface area contributed by atoms with E-state index in [0.717, 1.165) is 5.56 Å². The zero-order chi connectivity index (χ0) is 11.7. The van der Waals surface area contributed by atoms with Crippen LogP contribution in [0.5, 0.6) is 0 Å². The van der Waals surface area contributed by atoms with E-state index < -0.39 is 0 Å². The minimum absolute atomic E-state index is 0.254. The molecule has 2 fully saturated rings. The number of fused-ring (bicyclic) bond motifs is 2. The molecule has 2 unspecified atom stereocenters. The van der Waals surface area contributed by atoms with Gasteiger partial charge in [0.05, 0.1) is 0 Å². The molecule has 0 aromatic carbocycles. The Labute approximate surface area is 102 Å². The molecule has 90 valence electrons. The molecule has 0 amide bonds. The Hall–Kier alpha value is -1.22. The lowest BCUT2D eigenvalue weighted by Gasteiger charge is -2.28. The molecule has 1 aromatic heterocycles. The third kappa shape index (κ3) is 2.39. The minimum atomic E-state index is 0.254. The van der Waals surface area contributed by atoms with Crippen LogP contribution in [-0.4, -0.2) is 22.9 Å². The highest BCUT2D eigenvalue weighted by Gasteiger charge is 2.34. The van der Waals surface area contributed by atoms with Crippen LogP contribution in [0.4, 0.5) is 0 Å². The monoisotopic (exact) mass is 230 g/mol. The van der Waals surface area contributed by atoms with Crippen molar-refractivity contribution in [1.82, 2.24) is 10.3 Å². The van der Waals surface area contributed by atoms with Gasteiger partial charge in [0.15, 0.2) is 5.78 Å². The largest absolute Gasteiger partial charge is 0.311 e. The van der Waals surface area contributed by atoms with Crippen molar-refractivity contribution in [3.8, 4) is 0 Å². The maximum absolute atomic E-state index is 12.1. The van der Waals surface area contributed by atoms with Gasteiger partial charge in [-0.2, -0.15) is 0 Å². The lowest BCUT2D eigenvalue weighted by molar-refractivity contribution is 0.0945. The van der Waals surface area contributed by atoms with Crippen LogP contribution in [0.1, 0.15) is 42.5 Å². The van der Waals surface area contributed by atoms with E-state index in [1.807, 2.05) is 12.1 Å². The van der Waals surface area contributed by atoms with Gasteiger partial charge >= 0.3 is 0 Å².